The van der Waals surface area contributed by atoms with E-state index in [0.29, 0.717) is 5.82 Å². The van der Waals surface area contributed by atoms with Crippen LogP contribution in [0.2, 0.25) is 0 Å². The molecule has 2 rings (SSSR count). The maximum atomic E-state index is 11.8. The molecule has 94 valence electrons. The fraction of sp³-hybridized carbons (Fsp3) is 0.250. The lowest BCUT2D eigenvalue weighted by molar-refractivity contribution is -0.116. The Kier molecular flexibility index (Phi) is 3.57. The third-order valence-corrected chi connectivity index (χ3v) is 3.31. The summed E-state index contributed by atoms with van der Waals surface area (Å²) in [6, 6.07) is 5.39. The van der Waals surface area contributed by atoms with Crippen molar-refractivity contribution in [2.45, 2.75) is 20.4 Å². The first-order chi connectivity index (χ1) is 8.56. The summed E-state index contributed by atoms with van der Waals surface area (Å²) in [4.78, 5) is 27.3. The zero-order chi connectivity index (χ0) is 13.1. The minimum Gasteiger partial charge on any atom is -0.309 e. The number of pyridine rings is 1. The van der Waals surface area contributed by atoms with Crippen molar-refractivity contribution >= 4 is 23.1 Å². The first-order valence-electron chi connectivity index (χ1n) is 5.44. The quantitative estimate of drug-likeness (QED) is 0.914. The lowest BCUT2D eigenvalue weighted by atomic mass is 10.3. The van der Waals surface area contributed by atoms with E-state index < -0.39 is 0 Å². The van der Waals surface area contributed by atoms with Gasteiger partial charge < -0.3 is 5.32 Å². The van der Waals surface area contributed by atoms with Gasteiger partial charge in [-0.05, 0) is 26.0 Å². The van der Waals surface area contributed by atoms with E-state index in [4.69, 9.17) is 0 Å². The van der Waals surface area contributed by atoms with E-state index in [-0.39, 0.29) is 17.3 Å². The maximum absolute atomic E-state index is 11.8. The number of hydrogen-bond donors (Lipinski definition) is 1. The van der Waals surface area contributed by atoms with Crippen molar-refractivity contribution in [2.24, 2.45) is 0 Å². The summed E-state index contributed by atoms with van der Waals surface area (Å²) in [6.07, 6.45) is 0. The average Bonchev–Trinajstić information content (AvgIpc) is 2.61. The molecule has 0 saturated heterocycles. The van der Waals surface area contributed by atoms with Crippen molar-refractivity contribution in [1.82, 2.24) is 9.55 Å². The zero-order valence-corrected chi connectivity index (χ0v) is 11.0. The highest BCUT2D eigenvalue weighted by Gasteiger charge is 2.09. The molecule has 2 aromatic heterocycles. The van der Waals surface area contributed by atoms with E-state index in [1.807, 2.05) is 19.1 Å². The molecule has 0 aromatic carbocycles. The highest BCUT2D eigenvalue weighted by molar-refractivity contribution is 7.07. The van der Waals surface area contributed by atoms with Crippen LogP contribution in [0.4, 0.5) is 5.82 Å². The largest absolute Gasteiger partial charge is 0.309 e. The summed E-state index contributed by atoms with van der Waals surface area (Å²) in [5, 5.41) is 4.41. The van der Waals surface area contributed by atoms with Gasteiger partial charge in [-0.15, -0.1) is 0 Å². The van der Waals surface area contributed by atoms with E-state index in [0.717, 1.165) is 22.7 Å². The highest BCUT2D eigenvalue weighted by atomic mass is 32.1. The summed E-state index contributed by atoms with van der Waals surface area (Å²) in [7, 11) is 0. The van der Waals surface area contributed by atoms with Crippen LogP contribution in [0, 0.1) is 13.8 Å². The number of nitrogens with zero attached hydrogens (tertiary/aromatic N) is 2. The Bertz CT molecular complexity index is 630. The van der Waals surface area contributed by atoms with Gasteiger partial charge in [0.1, 0.15) is 12.4 Å². The Morgan fingerprint density at radius 2 is 2.22 bits per heavy atom. The molecule has 0 aliphatic carbocycles. The molecule has 0 radical (unpaired) electrons. The van der Waals surface area contributed by atoms with Gasteiger partial charge in [0, 0.05) is 16.8 Å². The minimum absolute atomic E-state index is 0.0176. The van der Waals surface area contributed by atoms with Crippen LogP contribution in [0.1, 0.15) is 11.4 Å². The SMILES string of the molecule is Cc1cccc(NC(=O)Cn2c(C)csc2=O)n1. The molecule has 2 aromatic rings. The van der Waals surface area contributed by atoms with Gasteiger partial charge in [0.05, 0.1) is 0 Å². The van der Waals surface area contributed by atoms with Gasteiger partial charge in [0.15, 0.2) is 0 Å². The Morgan fingerprint density at radius 1 is 1.44 bits per heavy atom. The number of amides is 1. The average molecular weight is 263 g/mol. The minimum atomic E-state index is -0.253. The van der Waals surface area contributed by atoms with E-state index in [1.165, 1.54) is 4.57 Å². The van der Waals surface area contributed by atoms with Crippen molar-refractivity contribution < 1.29 is 4.79 Å². The smallest absolute Gasteiger partial charge is 0.307 e. The van der Waals surface area contributed by atoms with Gasteiger partial charge in [-0.2, -0.15) is 0 Å². The number of hydrogen-bond acceptors (Lipinski definition) is 4. The number of rotatable bonds is 3. The second-order valence-corrected chi connectivity index (χ2v) is 4.76. The molecule has 0 bridgehead atoms. The third kappa shape index (κ3) is 2.84. The molecule has 1 amide bonds. The number of thiazole rings is 1. The monoisotopic (exact) mass is 263 g/mol. The molecule has 18 heavy (non-hydrogen) atoms. The summed E-state index contributed by atoms with van der Waals surface area (Å²) < 4.78 is 1.44. The van der Waals surface area contributed by atoms with Crippen LogP contribution >= 0.6 is 11.3 Å². The maximum Gasteiger partial charge on any atom is 0.307 e. The standard InChI is InChI=1S/C12H13N3O2S/c1-8-4-3-5-10(13-8)14-11(16)6-15-9(2)7-18-12(15)17/h3-5,7H,6H2,1-2H3,(H,13,14,16). The second-order valence-electron chi connectivity index (χ2n) is 3.94. The molecule has 0 atom stereocenters. The number of carbonyl (C=O) groups is 1. The molecule has 5 nitrogen and oxygen atoms in total. The van der Waals surface area contributed by atoms with Crippen molar-refractivity contribution in [3.05, 3.63) is 44.6 Å². The van der Waals surface area contributed by atoms with Crippen LogP contribution < -0.4 is 10.2 Å². The van der Waals surface area contributed by atoms with Crippen molar-refractivity contribution in [3.63, 3.8) is 0 Å². The van der Waals surface area contributed by atoms with Crippen LogP contribution in [0.3, 0.4) is 0 Å². The van der Waals surface area contributed by atoms with Gasteiger partial charge >= 0.3 is 4.87 Å². The lowest BCUT2D eigenvalue weighted by Gasteiger charge is -2.06. The van der Waals surface area contributed by atoms with Crippen molar-refractivity contribution in [3.8, 4) is 0 Å². The number of carbonyl (C=O) groups excluding carboxylic acids is 1. The first-order valence-corrected chi connectivity index (χ1v) is 6.32. The van der Waals surface area contributed by atoms with Gasteiger partial charge in [-0.3, -0.25) is 14.2 Å². The fourth-order valence-corrected chi connectivity index (χ4v) is 2.27. The normalized spacial score (nSPS) is 10.3. The second kappa shape index (κ2) is 5.14. The topological polar surface area (TPSA) is 64.0 Å². The molecular formula is C12H13N3O2S. The molecule has 0 saturated carbocycles. The summed E-state index contributed by atoms with van der Waals surface area (Å²) in [5.41, 5.74) is 1.62. The van der Waals surface area contributed by atoms with Gasteiger partial charge in [0.25, 0.3) is 0 Å². The summed E-state index contributed by atoms with van der Waals surface area (Å²) >= 11 is 1.09. The number of aryl methyl sites for hydroxylation is 2. The Balaban J connectivity index is 2.08. The molecule has 0 unspecified atom stereocenters. The Labute approximate surface area is 108 Å². The number of nitrogens with one attached hydrogen (secondary N) is 1. The molecule has 0 aliphatic heterocycles. The van der Waals surface area contributed by atoms with Gasteiger partial charge in [-0.25, -0.2) is 4.98 Å². The molecule has 0 aliphatic rings. The van der Waals surface area contributed by atoms with Gasteiger partial charge in [-0.1, -0.05) is 17.4 Å². The van der Waals surface area contributed by atoms with E-state index in [9.17, 15) is 9.59 Å². The molecule has 6 heteroatoms. The van der Waals surface area contributed by atoms with Crippen LogP contribution in [0.15, 0.2) is 28.4 Å². The van der Waals surface area contributed by atoms with E-state index in [2.05, 4.69) is 10.3 Å². The molecule has 0 spiro atoms. The predicted octanol–water partition coefficient (Wildman–Crippen LogP) is 1.56. The Morgan fingerprint density at radius 3 is 2.83 bits per heavy atom. The van der Waals surface area contributed by atoms with Crippen LogP contribution in [-0.4, -0.2) is 15.5 Å². The molecule has 2 heterocycles. The van der Waals surface area contributed by atoms with Gasteiger partial charge in [0.2, 0.25) is 5.91 Å². The molecular weight excluding hydrogens is 250 g/mol. The van der Waals surface area contributed by atoms with E-state index >= 15 is 0 Å². The first kappa shape index (κ1) is 12.5. The molecule has 0 fully saturated rings. The summed E-state index contributed by atoms with van der Waals surface area (Å²) in [6.45, 7) is 3.67. The predicted molar refractivity (Wildman–Crippen MR) is 70.9 cm³/mol. The third-order valence-electron chi connectivity index (χ3n) is 2.43. The fourth-order valence-electron chi connectivity index (χ4n) is 1.53. The summed E-state index contributed by atoms with van der Waals surface area (Å²) in [5.74, 6) is 0.248. The zero-order valence-electron chi connectivity index (χ0n) is 10.1. The van der Waals surface area contributed by atoms with Crippen LogP contribution in [0.25, 0.3) is 0 Å². The van der Waals surface area contributed by atoms with E-state index in [1.54, 1.807) is 18.4 Å². The lowest BCUT2D eigenvalue weighted by Crippen LogP contribution is -2.25. The highest BCUT2D eigenvalue weighted by Crippen LogP contribution is 2.05. The van der Waals surface area contributed by atoms with Crippen LogP contribution in [0.5, 0.6) is 0 Å². The van der Waals surface area contributed by atoms with Crippen molar-refractivity contribution in [2.75, 3.05) is 5.32 Å². The van der Waals surface area contributed by atoms with Crippen molar-refractivity contribution in [1.29, 1.82) is 0 Å². The Hall–Kier alpha value is -1.95. The van der Waals surface area contributed by atoms with Crippen LogP contribution in [-0.2, 0) is 11.3 Å². The molecule has 1 N–H and O–H groups in total. The number of anilines is 1. The number of aromatic nitrogens is 2.